The number of nitrogens with one attached hydrogen (secondary N) is 1. The second-order valence-corrected chi connectivity index (χ2v) is 7.83. The number of nitrogens with zero attached hydrogens (tertiary/aromatic N) is 3. The number of hydrogen-bond donors (Lipinski definition) is 1. The van der Waals surface area contributed by atoms with Crippen molar-refractivity contribution in [1.82, 2.24) is 20.1 Å². The Balaban J connectivity index is 1.29. The number of ether oxygens (including phenoxy) is 1. The van der Waals surface area contributed by atoms with Gasteiger partial charge in [-0.25, -0.2) is 4.79 Å². The van der Waals surface area contributed by atoms with E-state index in [0.717, 1.165) is 38.0 Å². The molecule has 6 nitrogen and oxygen atoms in total. The largest absolute Gasteiger partial charge is 0.373 e. The second kappa shape index (κ2) is 10.6. The third-order valence-corrected chi connectivity index (χ3v) is 5.73. The molecule has 0 atom stereocenters. The van der Waals surface area contributed by atoms with E-state index in [2.05, 4.69) is 22.1 Å². The van der Waals surface area contributed by atoms with Gasteiger partial charge in [0.15, 0.2) is 0 Å². The molecule has 0 bridgehead atoms. The molecule has 27 heavy (non-hydrogen) atoms. The third kappa shape index (κ3) is 6.47. The van der Waals surface area contributed by atoms with Crippen LogP contribution >= 0.6 is 0 Å². The molecular formula is C21H34N4O2. The van der Waals surface area contributed by atoms with Crippen LogP contribution in [0.25, 0.3) is 0 Å². The average Bonchev–Trinajstić information content (AvgIpc) is 2.73. The number of urea groups is 1. The first-order valence-corrected chi connectivity index (χ1v) is 10.5. The summed E-state index contributed by atoms with van der Waals surface area (Å²) in [4.78, 5) is 21.0. The number of carbonyl (C=O) groups is 1. The smallest absolute Gasteiger partial charge is 0.317 e. The Kier molecular flexibility index (Phi) is 7.90. The van der Waals surface area contributed by atoms with Crippen LogP contribution in [0.3, 0.4) is 0 Å². The zero-order valence-corrected chi connectivity index (χ0v) is 16.6. The number of aromatic nitrogens is 1. The van der Waals surface area contributed by atoms with Gasteiger partial charge in [0.05, 0.1) is 12.7 Å². The minimum Gasteiger partial charge on any atom is -0.373 e. The molecule has 2 fully saturated rings. The van der Waals surface area contributed by atoms with Gasteiger partial charge in [0.1, 0.15) is 0 Å². The molecule has 6 heteroatoms. The molecule has 0 unspecified atom stereocenters. The molecule has 0 radical (unpaired) electrons. The minimum atomic E-state index is 0.0942. The molecule has 1 N–H and O–H groups in total. The van der Waals surface area contributed by atoms with E-state index in [0.29, 0.717) is 12.5 Å². The maximum Gasteiger partial charge on any atom is 0.317 e. The van der Waals surface area contributed by atoms with Crippen molar-refractivity contribution in [2.45, 2.75) is 51.7 Å². The number of piperidine rings is 2. The van der Waals surface area contributed by atoms with Crippen molar-refractivity contribution >= 4 is 6.03 Å². The van der Waals surface area contributed by atoms with Gasteiger partial charge < -0.3 is 19.9 Å². The van der Waals surface area contributed by atoms with Crippen LogP contribution in [0.2, 0.25) is 0 Å². The van der Waals surface area contributed by atoms with Gasteiger partial charge in [-0.3, -0.25) is 4.98 Å². The van der Waals surface area contributed by atoms with Crippen molar-refractivity contribution in [3.63, 3.8) is 0 Å². The van der Waals surface area contributed by atoms with E-state index in [4.69, 9.17) is 4.74 Å². The molecule has 3 heterocycles. The number of hydrogen-bond acceptors (Lipinski definition) is 4. The number of carbonyl (C=O) groups excluding carboxylic acids is 1. The van der Waals surface area contributed by atoms with Crippen LogP contribution in [0, 0.1) is 5.92 Å². The van der Waals surface area contributed by atoms with Gasteiger partial charge in [-0.15, -0.1) is 0 Å². The summed E-state index contributed by atoms with van der Waals surface area (Å²) in [6.07, 6.45) is 9.28. The fraction of sp³-hybridized carbons (Fsp3) is 0.714. The Hall–Kier alpha value is -1.66. The quantitative estimate of drug-likeness (QED) is 0.797. The molecule has 2 saturated heterocycles. The summed E-state index contributed by atoms with van der Waals surface area (Å²) < 4.78 is 5.98. The van der Waals surface area contributed by atoms with Crippen molar-refractivity contribution < 1.29 is 9.53 Å². The molecular weight excluding hydrogens is 340 g/mol. The molecule has 0 aromatic carbocycles. The SMILES string of the molecule is CCCN1CCC(CNC(=O)N2CCC(OCc3cccnc3)CC2)CC1. The summed E-state index contributed by atoms with van der Waals surface area (Å²) >= 11 is 0. The Morgan fingerprint density at radius 1 is 1.22 bits per heavy atom. The molecule has 2 amide bonds. The van der Waals surface area contributed by atoms with E-state index in [1.807, 2.05) is 23.2 Å². The van der Waals surface area contributed by atoms with Crippen LogP contribution in [-0.2, 0) is 11.3 Å². The van der Waals surface area contributed by atoms with Crippen molar-refractivity contribution in [2.75, 3.05) is 39.3 Å². The van der Waals surface area contributed by atoms with Crippen LogP contribution < -0.4 is 5.32 Å². The molecule has 3 rings (SSSR count). The number of pyridine rings is 1. The highest BCUT2D eigenvalue weighted by Crippen LogP contribution is 2.18. The summed E-state index contributed by atoms with van der Waals surface area (Å²) in [7, 11) is 0. The highest BCUT2D eigenvalue weighted by atomic mass is 16.5. The van der Waals surface area contributed by atoms with Gasteiger partial charge >= 0.3 is 6.03 Å². The highest BCUT2D eigenvalue weighted by molar-refractivity contribution is 5.74. The van der Waals surface area contributed by atoms with E-state index in [1.54, 1.807) is 6.20 Å². The van der Waals surface area contributed by atoms with E-state index in [-0.39, 0.29) is 12.1 Å². The van der Waals surface area contributed by atoms with Crippen molar-refractivity contribution in [2.24, 2.45) is 5.92 Å². The van der Waals surface area contributed by atoms with Gasteiger partial charge in [0.25, 0.3) is 0 Å². The van der Waals surface area contributed by atoms with Gasteiger partial charge in [-0.05, 0) is 69.3 Å². The summed E-state index contributed by atoms with van der Waals surface area (Å²) in [6.45, 7) is 8.76. The van der Waals surface area contributed by atoms with Gasteiger partial charge in [-0.2, -0.15) is 0 Å². The van der Waals surface area contributed by atoms with E-state index < -0.39 is 0 Å². The fourth-order valence-electron chi connectivity index (χ4n) is 4.00. The first kappa shape index (κ1) is 20.1. The average molecular weight is 375 g/mol. The first-order valence-electron chi connectivity index (χ1n) is 10.5. The highest BCUT2D eigenvalue weighted by Gasteiger charge is 2.24. The van der Waals surface area contributed by atoms with Crippen LogP contribution in [0.15, 0.2) is 24.5 Å². The van der Waals surface area contributed by atoms with E-state index >= 15 is 0 Å². The number of rotatable bonds is 7. The van der Waals surface area contributed by atoms with Crippen LogP contribution in [-0.4, -0.2) is 66.2 Å². The molecule has 0 spiro atoms. The maximum atomic E-state index is 12.4. The summed E-state index contributed by atoms with van der Waals surface area (Å²) in [5, 5.41) is 3.16. The predicted molar refractivity (Wildman–Crippen MR) is 106 cm³/mol. The summed E-state index contributed by atoms with van der Waals surface area (Å²) in [5.74, 6) is 0.627. The van der Waals surface area contributed by atoms with Crippen LogP contribution in [0.5, 0.6) is 0 Å². The van der Waals surface area contributed by atoms with Crippen LogP contribution in [0.1, 0.15) is 44.6 Å². The lowest BCUT2D eigenvalue weighted by Gasteiger charge is -2.34. The lowest BCUT2D eigenvalue weighted by molar-refractivity contribution is 0.00426. The standard InChI is InChI=1S/C21H34N4O2/c1-2-10-24-11-5-18(6-12-24)16-23-21(26)25-13-7-20(8-14-25)27-17-19-4-3-9-22-15-19/h3-4,9,15,18,20H,2,5-8,10-14,16-17H2,1H3,(H,23,26). The molecule has 150 valence electrons. The second-order valence-electron chi connectivity index (χ2n) is 7.83. The Morgan fingerprint density at radius 2 is 2.00 bits per heavy atom. The number of likely N-dealkylation sites (tertiary alicyclic amines) is 2. The molecule has 1 aromatic rings. The topological polar surface area (TPSA) is 57.7 Å². The molecule has 2 aliphatic heterocycles. The predicted octanol–water partition coefficient (Wildman–Crippen LogP) is 2.89. The maximum absolute atomic E-state index is 12.4. The Bertz CT molecular complexity index is 553. The molecule has 0 saturated carbocycles. The minimum absolute atomic E-state index is 0.0942. The van der Waals surface area contributed by atoms with Crippen molar-refractivity contribution in [3.8, 4) is 0 Å². The molecule has 1 aromatic heterocycles. The van der Waals surface area contributed by atoms with Crippen molar-refractivity contribution in [3.05, 3.63) is 30.1 Å². The normalized spacial score (nSPS) is 20.0. The van der Waals surface area contributed by atoms with Gasteiger partial charge in [0, 0.05) is 32.0 Å². The van der Waals surface area contributed by atoms with Crippen molar-refractivity contribution in [1.29, 1.82) is 0 Å². The van der Waals surface area contributed by atoms with E-state index in [9.17, 15) is 4.79 Å². The number of amides is 2. The fourth-order valence-corrected chi connectivity index (χ4v) is 4.00. The lowest BCUT2D eigenvalue weighted by atomic mass is 9.97. The Morgan fingerprint density at radius 3 is 2.67 bits per heavy atom. The van der Waals surface area contributed by atoms with Gasteiger partial charge in [0.2, 0.25) is 0 Å². The zero-order valence-electron chi connectivity index (χ0n) is 16.6. The van der Waals surface area contributed by atoms with Crippen LogP contribution in [0.4, 0.5) is 4.79 Å². The molecule has 2 aliphatic rings. The lowest BCUT2D eigenvalue weighted by Crippen LogP contribution is -2.47. The summed E-state index contributed by atoms with van der Waals surface area (Å²) in [5.41, 5.74) is 1.10. The summed E-state index contributed by atoms with van der Waals surface area (Å²) in [6, 6.07) is 4.05. The zero-order chi connectivity index (χ0) is 18.9. The molecule has 0 aliphatic carbocycles. The van der Waals surface area contributed by atoms with Gasteiger partial charge in [-0.1, -0.05) is 13.0 Å². The third-order valence-electron chi connectivity index (χ3n) is 5.73. The monoisotopic (exact) mass is 374 g/mol. The first-order chi connectivity index (χ1) is 13.2. The Labute approximate surface area is 163 Å². The van der Waals surface area contributed by atoms with E-state index in [1.165, 1.54) is 38.9 Å².